The van der Waals surface area contributed by atoms with Gasteiger partial charge in [-0.1, -0.05) is 39.5 Å². The van der Waals surface area contributed by atoms with Crippen molar-refractivity contribution in [2.45, 2.75) is 76.9 Å². The van der Waals surface area contributed by atoms with Crippen molar-refractivity contribution in [2.75, 3.05) is 6.54 Å². The van der Waals surface area contributed by atoms with Gasteiger partial charge in [0.05, 0.1) is 5.60 Å². The molecule has 0 heterocycles. The summed E-state index contributed by atoms with van der Waals surface area (Å²) in [7, 11) is 0. The molecule has 0 bridgehead atoms. The monoisotopic (exact) mass is 213 g/mol. The van der Waals surface area contributed by atoms with Crippen LogP contribution in [0.2, 0.25) is 0 Å². The molecular weight excluding hydrogens is 186 g/mol. The average Bonchev–Trinajstić information content (AvgIpc) is 2.54. The highest BCUT2D eigenvalue weighted by molar-refractivity contribution is 4.81. The second-order valence-corrected chi connectivity index (χ2v) is 5.00. The molecule has 0 atom stereocenters. The fourth-order valence-corrected chi connectivity index (χ4v) is 2.32. The van der Waals surface area contributed by atoms with E-state index >= 15 is 0 Å². The van der Waals surface area contributed by atoms with Crippen molar-refractivity contribution in [1.82, 2.24) is 5.32 Å². The molecule has 0 aliphatic heterocycles. The molecule has 0 spiro atoms. The molecule has 1 rings (SSSR count). The van der Waals surface area contributed by atoms with E-state index in [1.165, 1.54) is 38.5 Å². The number of rotatable bonds is 5. The predicted molar refractivity (Wildman–Crippen MR) is 65.0 cm³/mol. The van der Waals surface area contributed by atoms with Gasteiger partial charge < -0.3 is 10.4 Å². The Labute approximate surface area is 94.5 Å². The molecule has 1 aliphatic rings. The molecule has 90 valence electrons. The molecule has 15 heavy (non-hydrogen) atoms. The Bertz CT molecular complexity index is 158. The molecule has 1 aliphatic carbocycles. The Hall–Kier alpha value is -0.0800. The van der Waals surface area contributed by atoms with Gasteiger partial charge in [0.25, 0.3) is 0 Å². The van der Waals surface area contributed by atoms with Crippen LogP contribution in [0.25, 0.3) is 0 Å². The van der Waals surface area contributed by atoms with Crippen LogP contribution in [0, 0.1) is 0 Å². The number of hydrogen-bond donors (Lipinski definition) is 2. The lowest BCUT2D eigenvalue weighted by atomic mass is 9.96. The highest BCUT2D eigenvalue weighted by Crippen LogP contribution is 2.19. The van der Waals surface area contributed by atoms with E-state index in [1.54, 1.807) is 0 Å². The lowest BCUT2D eigenvalue weighted by Crippen LogP contribution is -2.43. The molecule has 0 unspecified atom stereocenters. The summed E-state index contributed by atoms with van der Waals surface area (Å²) in [5, 5.41) is 13.7. The van der Waals surface area contributed by atoms with Gasteiger partial charge >= 0.3 is 0 Å². The van der Waals surface area contributed by atoms with Crippen molar-refractivity contribution in [2.24, 2.45) is 0 Å². The zero-order valence-corrected chi connectivity index (χ0v) is 10.4. The quantitative estimate of drug-likeness (QED) is 0.688. The van der Waals surface area contributed by atoms with E-state index in [0.717, 1.165) is 19.4 Å². The van der Waals surface area contributed by atoms with Crippen molar-refractivity contribution in [3.8, 4) is 0 Å². The van der Waals surface area contributed by atoms with E-state index in [-0.39, 0.29) is 0 Å². The van der Waals surface area contributed by atoms with Crippen molar-refractivity contribution in [3.05, 3.63) is 0 Å². The molecule has 1 fully saturated rings. The van der Waals surface area contributed by atoms with Gasteiger partial charge in [0.1, 0.15) is 0 Å². The summed E-state index contributed by atoms with van der Waals surface area (Å²) in [5.41, 5.74) is -0.480. The number of hydrogen-bond acceptors (Lipinski definition) is 2. The highest BCUT2D eigenvalue weighted by Gasteiger charge is 2.23. The van der Waals surface area contributed by atoms with Crippen LogP contribution in [-0.2, 0) is 0 Å². The summed E-state index contributed by atoms with van der Waals surface area (Å²) in [6.45, 7) is 4.90. The van der Waals surface area contributed by atoms with Gasteiger partial charge in [0.15, 0.2) is 0 Å². The lowest BCUT2D eigenvalue weighted by molar-refractivity contribution is 0.0294. The summed E-state index contributed by atoms with van der Waals surface area (Å²) < 4.78 is 0. The lowest BCUT2D eigenvalue weighted by Gasteiger charge is -2.28. The Morgan fingerprint density at radius 1 is 1.07 bits per heavy atom. The van der Waals surface area contributed by atoms with Crippen LogP contribution in [0.3, 0.4) is 0 Å². The van der Waals surface area contributed by atoms with Crippen LogP contribution in [0.1, 0.15) is 65.2 Å². The van der Waals surface area contributed by atoms with Gasteiger partial charge in [-0.05, 0) is 25.7 Å². The minimum atomic E-state index is -0.480. The molecule has 0 aromatic carbocycles. The largest absolute Gasteiger partial charge is 0.389 e. The molecule has 0 radical (unpaired) electrons. The molecule has 0 aromatic rings. The van der Waals surface area contributed by atoms with Crippen molar-refractivity contribution in [3.63, 3.8) is 0 Å². The average molecular weight is 213 g/mol. The smallest absolute Gasteiger partial charge is 0.0766 e. The Balaban J connectivity index is 2.27. The fraction of sp³-hybridized carbons (Fsp3) is 1.00. The van der Waals surface area contributed by atoms with Gasteiger partial charge in [-0.15, -0.1) is 0 Å². The first-order valence-corrected chi connectivity index (χ1v) is 6.66. The molecule has 0 aromatic heterocycles. The van der Waals surface area contributed by atoms with E-state index < -0.39 is 5.60 Å². The van der Waals surface area contributed by atoms with Crippen LogP contribution in [0.4, 0.5) is 0 Å². The Morgan fingerprint density at radius 3 is 2.07 bits per heavy atom. The van der Waals surface area contributed by atoms with Gasteiger partial charge in [-0.2, -0.15) is 0 Å². The predicted octanol–water partition coefficient (Wildman–Crippen LogP) is 2.85. The Kier molecular flexibility index (Phi) is 5.62. The maximum Gasteiger partial charge on any atom is 0.0766 e. The van der Waals surface area contributed by atoms with Crippen molar-refractivity contribution in [1.29, 1.82) is 0 Å². The normalized spacial score (nSPS) is 20.2. The highest BCUT2D eigenvalue weighted by atomic mass is 16.3. The first-order chi connectivity index (χ1) is 7.20. The zero-order chi connectivity index (χ0) is 11.1. The van der Waals surface area contributed by atoms with Crippen molar-refractivity contribution < 1.29 is 5.11 Å². The fourth-order valence-electron chi connectivity index (χ4n) is 2.32. The second kappa shape index (κ2) is 6.49. The van der Waals surface area contributed by atoms with Gasteiger partial charge in [-0.25, -0.2) is 0 Å². The Morgan fingerprint density at radius 2 is 1.60 bits per heavy atom. The summed E-state index contributed by atoms with van der Waals surface area (Å²) in [5.74, 6) is 0. The third-order valence-corrected chi connectivity index (χ3v) is 3.89. The summed E-state index contributed by atoms with van der Waals surface area (Å²) in [6.07, 6.45) is 9.79. The van der Waals surface area contributed by atoms with Crippen molar-refractivity contribution >= 4 is 0 Å². The minimum Gasteiger partial charge on any atom is -0.389 e. The summed E-state index contributed by atoms with van der Waals surface area (Å²) in [4.78, 5) is 0. The third-order valence-electron chi connectivity index (χ3n) is 3.89. The van der Waals surface area contributed by atoms with E-state index in [0.29, 0.717) is 6.04 Å². The summed E-state index contributed by atoms with van der Waals surface area (Å²) >= 11 is 0. The van der Waals surface area contributed by atoms with E-state index in [1.807, 2.05) is 0 Å². The van der Waals surface area contributed by atoms with E-state index in [2.05, 4.69) is 19.2 Å². The van der Waals surface area contributed by atoms with E-state index in [9.17, 15) is 5.11 Å². The van der Waals surface area contributed by atoms with Crippen LogP contribution in [0.5, 0.6) is 0 Å². The first kappa shape index (κ1) is 13.0. The van der Waals surface area contributed by atoms with Crippen LogP contribution in [-0.4, -0.2) is 23.3 Å². The topological polar surface area (TPSA) is 32.3 Å². The third kappa shape index (κ3) is 4.52. The molecule has 2 heteroatoms. The first-order valence-electron chi connectivity index (χ1n) is 6.66. The molecule has 2 N–H and O–H groups in total. The number of aliphatic hydroxyl groups is 1. The standard InChI is InChI=1S/C13H27NO/c1-3-13(15,4-2)11-14-12-9-7-5-6-8-10-12/h12,14-15H,3-11H2,1-2H3. The molecule has 1 saturated carbocycles. The molecular formula is C13H27NO. The van der Waals surface area contributed by atoms with Gasteiger partial charge in [-0.3, -0.25) is 0 Å². The van der Waals surface area contributed by atoms with Gasteiger partial charge in [0, 0.05) is 12.6 Å². The molecule has 0 saturated heterocycles. The maximum absolute atomic E-state index is 10.2. The van der Waals surface area contributed by atoms with Crippen LogP contribution >= 0.6 is 0 Å². The van der Waals surface area contributed by atoms with Crippen LogP contribution < -0.4 is 5.32 Å². The zero-order valence-electron chi connectivity index (χ0n) is 10.4. The number of nitrogens with one attached hydrogen (secondary N) is 1. The summed E-state index contributed by atoms with van der Waals surface area (Å²) in [6, 6.07) is 0.650. The van der Waals surface area contributed by atoms with Gasteiger partial charge in [0.2, 0.25) is 0 Å². The second-order valence-electron chi connectivity index (χ2n) is 5.00. The molecule has 0 amide bonds. The van der Waals surface area contributed by atoms with Crippen LogP contribution in [0.15, 0.2) is 0 Å². The minimum absolute atomic E-state index is 0.480. The molecule has 2 nitrogen and oxygen atoms in total. The maximum atomic E-state index is 10.2. The SMILES string of the molecule is CCC(O)(CC)CNC1CCCCCC1. The van der Waals surface area contributed by atoms with E-state index in [4.69, 9.17) is 0 Å².